The third kappa shape index (κ3) is 4.16. The highest BCUT2D eigenvalue weighted by molar-refractivity contribution is 7.09. The number of esters is 1. The lowest BCUT2D eigenvalue weighted by atomic mass is 10.2. The van der Waals surface area contributed by atoms with Crippen molar-refractivity contribution in [2.75, 3.05) is 26.3 Å². The fourth-order valence-corrected chi connectivity index (χ4v) is 3.40. The average Bonchev–Trinajstić information content (AvgIpc) is 3.06. The van der Waals surface area contributed by atoms with Crippen molar-refractivity contribution in [3.63, 3.8) is 0 Å². The van der Waals surface area contributed by atoms with E-state index in [-0.39, 0.29) is 12.1 Å². The second-order valence-corrected chi connectivity index (χ2v) is 6.26. The Balaban J connectivity index is 1.63. The number of hydrogen-bond donors (Lipinski definition) is 0. The SMILES string of the molecule is CCOC(=O)c1csc(C2CN(Cc3ccccc3)CCO2)n1. The average molecular weight is 332 g/mol. The Kier molecular flexibility index (Phi) is 5.38. The summed E-state index contributed by atoms with van der Waals surface area (Å²) in [6.07, 6.45) is -0.0827. The number of nitrogens with zero attached hydrogens (tertiary/aromatic N) is 2. The van der Waals surface area contributed by atoms with Crippen LogP contribution >= 0.6 is 11.3 Å². The molecule has 1 unspecified atom stereocenters. The van der Waals surface area contributed by atoms with Gasteiger partial charge in [-0.3, -0.25) is 4.90 Å². The lowest BCUT2D eigenvalue weighted by molar-refractivity contribution is -0.0330. The Morgan fingerprint density at radius 1 is 1.43 bits per heavy atom. The molecule has 0 saturated carbocycles. The van der Waals surface area contributed by atoms with Gasteiger partial charge in [-0.05, 0) is 12.5 Å². The molecule has 0 spiro atoms. The van der Waals surface area contributed by atoms with Crippen molar-refractivity contribution in [2.24, 2.45) is 0 Å². The zero-order valence-corrected chi connectivity index (χ0v) is 13.9. The van der Waals surface area contributed by atoms with Gasteiger partial charge < -0.3 is 9.47 Å². The third-order valence-electron chi connectivity index (χ3n) is 3.68. The van der Waals surface area contributed by atoms with E-state index < -0.39 is 0 Å². The standard InChI is InChI=1S/C17H20N2O3S/c1-2-21-17(20)14-12-23-16(18-14)15-11-19(8-9-22-15)10-13-6-4-3-5-7-13/h3-7,12,15H,2,8-11H2,1H3. The maximum atomic E-state index is 11.7. The molecule has 1 atom stereocenters. The van der Waals surface area contributed by atoms with Crippen LogP contribution < -0.4 is 0 Å². The molecule has 2 aromatic rings. The minimum Gasteiger partial charge on any atom is -0.461 e. The second-order valence-electron chi connectivity index (χ2n) is 5.37. The van der Waals surface area contributed by atoms with Crippen LogP contribution in [-0.2, 0) is 16.0 Å². The first kappa shape index (κ1) is 16.1. The van der Waals surface area contributed by atoms with E-state index in [2.05, 4.69) is 34.1 Å². The van der Waals surface area contributed by atoms with E-state index >= 15 is 0 Å². The normalized spacial score (nSPS) is 18.7. The van der Waals surface area contributed by atoms with Gasteiger partial charge in [0.05, 0.1) is 13.2 Å². The Morgan fingerprint density at radius 2 is 2.26 bits per heavy atom. The summed E-state index contributed by atoms with van der Waals surface area (Å²) >= 11 is 1.45. The zero-order chi connectivity index (χ0) is 16.1. The number of hydrogen-bond acceptors (Lipinski definition) is 6. The molecule has 122 valence electrons. The van der Waals surface area contributed by atoms with Gasteiger partial charge in [0.25, 0.3) is 0 Å². The lowest BCUT2D eigenvalue weighted by Gasteiger charge is -2.31. The summed E-state index contributed by atoms with van der Waals surface area (Å²) in [5.41, 5.74) is 1.66. The van der Waals surface area contributed by atoms with Gasteiger partial charge >= 0.3 is 5.97 Å². The van der Waals surface area contributed by atoms with E-state index in [0.29, 0.717) is 18.9 Å². The van der Waals surface area contributed by atoms with E-state index in [4.69, 9.17) is 9.47 Å². The van der Waals surface area contributed by atoms with Gasteiger partial charge in [-0.2, -0.15) is 0 Å². The van der Waals surface area contributed by atoms with E-state index in [0.717, 1.165) is 24.6 Å². The van der Waals surface area contributed by atoms with Crippen molar-refractivity contribution in [2.45, 2.75) is 19.6 Å². The van der Waals surface area contributed by atoms with Crippen LogP contribution in [0.3, 0.4) is 0 Å². The first-order valence-electron chi connectivity index (χ1n) is 7.76. The molecule has 1 aromatic carbocycles. The van der Waals surface area contributed by atoms with Crippen LogP contribution in [0.2, 0.25) is 0 Å². The summed E-state index contributed by atoms with van der Waals surface area (Å²) in [6, 6.07) is 10.4. The van der Waals surface area contributed by atoms with Gasteiger partial charge in [-0.1, -0.05) is 30.3 Å². The molecule has 6 heteroatoms. The predicted octanol–water partition coefficient (Wildman–Crippen LogP) is 2.89. The van der Waals surface area contributed by atoms with Gasteiger partial charge in [-0.15, -0.1) is 11.3 Å². The molecule has 1 fully saturated rings. The van der Waals surface area contributed by atoms with Crippen LogP contribution in [0.25, 0.3) is 0 Å². The molecule has 0 bridgehead atoms. The molecular formula is C17H20N2O3S. The smallest absolute Gasteiger partial charge is 0.357 e. The number of ether oxygens (including phenoxy) is 2. The molecule has 2 heterocycles. The highest BCUT2D eigenvalue weighted by Gasteiger charge is 2.25. The minimum atomic E-state index is -0.369. The van der Waals surface area contributed by atoms with Crippen molar-refractivity contribution >= 4 is 17.3 Å². The molecule has 1 aliphatic heterocycles. The Bertz CT molecular complexity index is 644. The topological polar surface area (TPSA) is 51.7 Å². The summed E-state index contributed by atoms with van der Waals surface area (Å²) < 4.78 is 10.8. The van der Waals surface area contributed by atoms with Gasteiger partial charge in [0, 0.05) is 25.0 Å². The van der Waals surface area contributed by atoms with Gasteiger partial charge in [0.1, 0.15) is 11.1 Å². The summed E-state index contributed by atoms with van der Waals surface area (Å²) in [5.74, 6) is -0.369. The summed E-state index contributed by atoms with van der Waals surface area (Å²) in [6.45, 7) is 5.40. The number of aromatic nitrogens is 1. The van der Waals surface area contributed by atoms with E-state index in [9.17, 15) is 4.79 Å². The molecule has 3 rings (SSSR count). The van der Waals surface area contributed by atoms with Crippen molar-refractivity contribution < 1.29 is 14.3 Å². The molecule has 0 N–H and O–H groups in total. The van der Waals surface area contributed by atoms with Crippen LogP contribution in [0.1, 0.15) is 34.1 Å². The Labute approximate surface area is 139 Å². The van der Waals surface area contributed by atoms with Crippen LogP contribution in [0.15, 0.2) is 35.7 Å². The van der Waals surface area contributed by atoms with Gasteiger partial charge in [0.2, 0.25) is 0 Å². The summed E-state index contributed by atoms with van der Waals surface area (Å²) in [4.78, 5) is 18.5. The summed E-state index contributed by atoms with van der Waals surface area (Å²) in [5, 5.41) is 2.58. The van der Waals surface area contributed by atoms with E-state index in [1.165, 1.54) is 16.9 Å². The van der Waals surface area contributed by atoms with Gasteiger partial charge in [-0.25, -0.2) is 9.78 Å². The highest BCUT2D eigenvalue weighted by Crippen LogP contribution is 2.26. The lowest BCUT2D eigenvalue weighted by Crippen LogP contribution is -2.37. The fourth-order valence-electron chi connectivity index (χ4n) is 2.57. The van der Waals surface area contributed by atoms with Crippen molar-refractivity contribution in [3.8, 4) is 0 Å². The quantitative estimate of drug-likeness (QED) is 0.788. The number of thiazole rings is 1. The molecule has 1 aromatic heterocycles. The molecule has 0 radical (unpaired) electrons. The fraction of sp³-hybridized carbons (Fsp3) is 0.412. The van der Waals surface area contributed by atoms with Crippen molar-refractivity contribution in [1.29, 1.82) is 0 Å². The molecule has 1 aliphatic rings. The molecule has 23 heavy (non-hydrogen) atoms. The molecule has 1 saturated heterocycles. The third-order valence-corrected chi connectivity index (χ3v) is 4.62. The maximum Gasteiger partial charge on any atom is 0.357 e. The number of carbonyl (C=O) groups excluding carboxylic acids is 1. The predicted molar refractivity (Wildman–Crippen MR) is 88.5 cm³/mol. The second kappa shape index (κ2) is 7.68. The molecule has 5 nitrogen and oxygen atoms in total. The van der Waals surface area contributed by atoms with E-state index in [1.54, 1.807) is 12.3 Å². The number of benzene rings is 1. The first-order valence-corrected chi connectivity index (χ1v) is 8.64. The van der Waals surface area contributed by atoms with Crippen LogP contribution in [0.5, 0.6) is 0 Å². The van der Waals surface area contributed by atoms with Crippen LogP contribution in [0, 0.1) is 0 Å². The van der Waals surface area contributed by atoms with Crippen molar-refractivity contribution in [3.05, 3.63) is 52.0 Å². The van der Waals surface area contributed by atoms with Crippen LogP contribution in [0.4, 0.5) is 0 Å². The maximum absolute atomic E-state index is 11.7. The summed E-state index contributed by atoms with van der Waals surface area (Å²) in [7, 11) is 0. The monoisotopic (exact) mass is 332 g/mol. The minimum absolute atomic E-state index is 0.0827. The molecule has 0 amide bonds. The Morgan fingerprint density at radius 3 is 3.04 bits per heavy atom. The Hall–Kier alpha value is -1.76. The zero-order valence-electron chi connectivity index (χ0n) is 13.1. The number of morpholine rings is 1. The number of carbonyl (C=O) groups is 1. The van der Waals surface area contributed by atoms with Gasteiger partial charge in [0.15, 0.2) is 5.69 Å². The van der Waals surface area contributed by atoms with Crippen molar-refractivity contribution in [1.82, 2.24) is 9.88 Å². The van der Waals surface area contributed by atoms with E-state index in [1.807, 2.05) is 6.07 Å². The molecule has 0 aliphatic carbocycles. The first-order chi connectivity index (χ1) is 11.3. The number of rotatable bonds is 5. The largest absolute Gasteiger partial charge is 0.461 e. The van der Waals surface area contributed by atoms with Crippen LogP contribution in [-0.4, -0.2) is 42.2 Å². The molecular weight excluding hydrogens is 312 g/mol. The highest BCUT2D eigenvalue weighted by atomic mass is 32.1.